The number of nitrogens with one attached hydrogen (secondary N) is 1. The number of anilines is 1. The van der Waals surface area contributed by atoms with Crippen molar-refractivity contribution in [3.05, 3.63) is 99.5 Å². The van der Waals surface area contributed by atoms with Crippen LogP contribution in [-0.4, -0.2) is 39.1 Å². The number of halogens is 1. The summed E-state index contributed by atoms with van der Waals surface area (Å²) in [6, 6.07) is 11.4. The third-order valence-corrected chi connectivity index (χ3v) is 6.15. The van der Waals surface area contributed by atoms with E-state index in [9.17, 15) is 4.79 Å². The first kappa shape index (κ1) is 26.8. The quantitative estimate of drug-likeness (QED) is 0.126. The van der Waals surface area contributed by atoms with E-state index in [0.29, 0.717) is 23.6 Å². The first-order valence-corrected chi connectivity index (χ1v) is 12.5. The molecule has 196 valence electrons. The zero-order valence-corrected chi connectivity index (χ0v) is 22.1. The highest BCUT2D eigenvalue weighted by atomic mass is 35.5. The largest absolute Gasteiger partial charge is 0.486 e. The minimum absolute atomic E-state index is 0.0107. The van der Waals surface area contributed by atoms with E-state index >= 15 is 0 Å². The van der Waals surface area contributed by atoms with Gasteiger partial charge in [0.1, 0.15) is 17.0 Å². The summed E-state index contributed by atoms with van der Waals surface area (Å²) in [6.45, 7) is 6.42. The number of aromatic nitrogens is 3. The van der Waals surface area contributed by atoms with Gasteiger partial charge in [-0.3, -0.25) is 4.98 Å². The van der Waals surface area contributed by atoms with Gasteiger partial charge in [-0.2, -0.15) is 0 Å². The first-order valence-electron chi connectivity index (χ1n) is 12.1. The van der Waals surface area contributed by atoms with Crippen LogP contribution in [0.5, 0.6) is 5.75 Å². The van der Waals surface area contributed by atoms with E-state index in [-0.39, 0.29) is 18.6 Å². The van der Waals surface area contributed by atoms with Gasteiger partial charge in [0.2, 0.25) is 0 Å². The van der Waals surface area contributed by atoms with Gasteiger partial charge in [0, 0.05) is 52.9 Å². The molecular formula is C27H28ClN7O3. The smallest absolute Gasteiger partial charge is 0.341 e. The fraction of sp³-hybridized carbons (Fsp3) is 0.296. The van der Waals surface area contributed by atoms with Crippen molar-refractivity contribution in [1.82, 2.24) is 14.4 Å². The number of esters is 1. The predicted molar refractivity (Wildman–Crippen MR) is 146 cm³/mol. The minimum atomic E-state index is -0.540. The Morgan fingerprint density at radius 2 is 2.21 bits per heavy atom. The number of nitrogens with zero attached hydrogens (tertiary/aromatic N) is 6. The molecule has 0 saturated heterocycles. The number of rotatable bonds is 7. The maximum absolute atomic E-state index is 11.3. The average Bonchev–Trinajstić information content (AvgIpc) is 3.51. The van der Waals surface area contributed by atoms with Crippen LogP contribution in [0.2, 0.25) is 5.02 Å². The summed E-state index contributed by atoms with van der Waals surface area (Å²) in [4.78, 5) is 22.4. The van der Waals surface area contributed by atoms with Crippen molar-refractivity contribution >= 4 is 28.9 Å². The fourth-order valence-electron chi connectivity index (χ4n) is 4.22. The van der Waals surface area contributed by atoms with Gasteiger partial charge in [0.25, 0.3) is 0 Å². The van der Waals surface area contributed by atoms with Crippen LogP contribution < -0.4 is 10.1 Å². The molecule has 2 atom stereocenters. The number of ether oxygens (including phenoxy) is 2. The molecule has 0 fully saturated rings. The van der Waals surface area contributed by atoms with E-state index in [1.165, 1.54) is 6.20 Å². The molecule has 1 N–H and O–H groups in total. The van der Waals surface area contributed by atoms with Crippen molar-refractivity contribution in [2.75, 3.05) is 18.5 Å². The molecule has 10 nitrogen and oxygen atoms in total. The van der Waals surface area contributed by atoms with Crippen LogP contribution >= 0.6 is 11.6 Å². The summed E-state index contributed by atoms with van der Waals surface area (Å²) < 4.78 is 12.8. The first-order chi connectivity index (χ1) is 18.3. The van der Waals surface area contributed by atoms with Crippen molar-refractivity contribution in [3.8, 4) is 5.75 Å². The molecule has 2 unspecified atom stereocenters. The van der Waals surface area contributed by atoms with Gasteiger partial charge >= 0.3 is 5.97 Å². The summed E-state index contributed by atoms with van der Waals surface area (Å²) in [6.07, 6.45) is 9.23. The van der Waals surface area contributed by atoms with E-state index < -0.39 is 5.60 Å². The highest BCUT2D eigenvalue weighted by Gasteiger charge is 2.36. The molecule has 0 bridgehead atoms. The molecule has 0 spiro atoms. The van der Waals surface area contributed by atoms with E-state index in [0.717, 1.165) is 28.2 Å². The lowest BCUT2D eigenvalue weighted by Crippen LogP contribution is -2.33. The number of fused-ring (bicyclic) bond motifs is 2. The van der Waals surface area contributed by atoms with Crippen LogP contribution in [0.15, 0.2) is 72.5 Å². The molecule has 5 rings (SSSR count). The van der Waals surface area contributed by atoms with Gasteiger partial charge in [-0.1, -0.05) is 16.7 Å². The third kappa shape index (κ3) is 6.34. The Labute approximate surface area is 225 Å². The van der Waals surface area contributed by atoms with Gasteiger partial charge in [-0.05, 0) is 68.3 Å². The Hall–Kier alpha value is -4.27. The third-order valence-electron chi connectivity index (χ3n) is 5.93. The van der Waals surface area contributed by atoms with Gasteiger partial charge in [0.15, 0.2) is 0 Å². The van der Waals surface area contributed by atoms with Crippen LogP contribution in [0.25, 0.3) is 16.1 Å². The van der Waals surface area contributed by atoms with E-state index in [1.807, 2.05) is 56.4 Å². The Morgan fingerprint density at radius 1 is 1.37 bits per heavy atom. The lowest BCUT2D eigenvalue weighted by atomic mass is 9.97. The normalized spacial score (nSPS) is 16.3. The summed E-state index contributed by atoms with van der Waals surface area (Å²) in [7, 11) is 0. The van der Waals surface area contributed by atoms with Crippen molar-refractivity contribution in [2.24, 2.45) is 5.11 Å². The number of azide groups is 1. The van der Waals surface area contributed by atoms with Gasteiger partial charge < -0.3 is 19.2 Å². The van der Waals surface area contributed by atoms with Crippen LogP contribution in [0.1, 0.15) is 48.3 Å². The maximum Gasteiger partial charge on any atom is 0.341 e. The molecule has 0 saturated carbocycles. The van der Waals surface area contributed by atoms with Crippen LogP contribution in [0.3, 0.4) is 0 Å². The molecule has 0 radical (unpaired) electrons. The van der Waals surface area contributed by atoms with Crippen LogP contribution in [0, 0.1) is 0 Å². The van der Waals surface area contributed by atoms with Crippen LogP contribution in [0.4, 0.5) is 5.69 Å². The van der Waals surface area contributed by atoms with Crippen molar-refractivity contribution in [2.45, 2.75) is 38.8 Å². The van der Waals surface area contributed by atoms with Gasteiger partial charge in [-0.25, -0.2) is 9.78 Å². The highest BCUT2D eigenvalue weighted by Crippen LogP contribution is 2.42. The second-order valence-corrected chi connectivity index (χ2v) is 9.48. The average molecular weight is 534 g/mol. The van der Waals surface area contributed by atoms with E-state index in [1.54, 1.807) is 29.9 Å². The van der Waals surface area contributed by atoms with Crippen molar-refractivity contribution in [3.63, 3.8) is 0 Å². The summed E-state index contributed by atoms with van der Waals surface area (Å²) in [5, 5.41) is 7.74. The van der Waals surface area contributed by atoms with E-state index in [2.05, 4.69) is 25.3 Å². The molecule has 1 aliphatic heterocycles. The SMILES string of the molecule is CC(Nc1cccnc1)c1cc(Cl)cc2c1OC(C)(CN=[N+]=[N-])C2.CCOC(=O)c1cnc2cccn2c1. The number of hydrogen-bond acceptors (Lipinski definition) is 7. The molecule has 0 amide bonds. The Bertz CT molecular complexity index is 1470. The highest BCUT2D eigenvalue weighted by molar-refractivity contribution is 6.30. The summed E-state index contributed by atoms with van der Waals surface area (Å²) >= 11 is 6.30. The molecular weight excluding hydrogens is 506 g/mol. The second-order valence-electron chi connectivity index (χ2n) is 9.05. The molecule has 38 heavy (non-hydrogen) atoms. The van der Waals surface area contributed by atoms with E-state index in [4.69, 9.17) is 26.6 Å². The topological polar surface area (TPSA) is 127 Å². The van der Waals surface area contributed by atoms with Gasteiger partial charge in [0.05, 0.1) is 30.4 Å². The lowest BCUT2D eigenvalue weighted by Gasteiger charge is -2.23. The molecule has 1 aliphatic rings. The molecule has 3 aromatic heterocycles. The predicted octanol–water partition coefficient (Wildman–Crippen LogP) is 6.42. The Kier molecular flexibility index (Phi) is 8.35. The zero-order chi connectivity index (χ0) is 27.1. The summed E-state index contributed by atoms with van der Waals surface area (Å²) in [5.74, 6) is 0.481. The molecule has 0 aliphatic carbocycles. The molecule has 1 aromatic carbocycles. The standard InChI is InChI=1S/C17H18ClN5O.C10H10N2O2/c1-11(22-14-4-3-5-20-9-14)15-7-13(18)6-12-8-17(2,10-21-23-19)24-16(12)15;1-2-14-10(13)8-6-11-9-4-3-5-12(9)7-8/h3-7,9,11,22H,8,10H2,1-2H3;3-7H,2H2,1H3. The van der Waals surface area contributed by atoms with Crippen molar-refractivity contribution < 1.29 is 14.3 Å². The monoisotopic (exact) mass is 533 g/mol. The maximum atomic E-state index is 11.3. The number of carbonyl (C=O) groups is 1. The Morgan fingerprint density at radius 3 is 2.95 bits per heavy atom. The molecule has 4 heterocycles. The fourth-order valence-corrected chi connectivity index (χ4v) is 4.47. The lowest BCUT2D eigenvalue weighted by molar-refractivity contribution is 0.0525. The van der Waals surface area contributed by atoms with Crippen molar-refractivity contribution in [1.29, 1.82) is 0 Å². The number of pyridine rings is 1. The number of hydrogen-bond donors (Lipinski definition) is 1. The van der Waals surface area contributed by atoms with Crippen LogP contribution in [-0.2, 0) is 11.2 Å². The molecule has 11 heteroatoms. The summed E-state index contributed by atoms with van der Waals surface area (Å²) in [5.41, 5.74) is 12.3. The second kappa shape index (κ2) is 11.9. The van der Waals surface area contributed by atoms with Gasteiger partial charge in [-0.15, -0.1) is 0 Å². The number of carbonyl (C=O) groups excluding carboxylic acids is 1. The minimum Gasteiger partial charge on any atom is -0.486 e. The Balaban J connectivity index is 0.000000204. The molecule has 4 aromatic rings. The number of benzene rings is 1. The zero-order valence-electron chi connectivity index (χ0n) is 21.3.